The fraction of sp³-hybridized carbons (Fsp3) is 0.350. The number of fused-ring (bicyclic) bond motifs is 1. The van der Waals surface area contributed by atoms with Crippen molar-refractivity contribution >= 4 is 21.6 Å². The number of nitrogens with one attached hydrogen (secondary N) is 1. The van der Waals surface area contributed by atoms with Crippen LogP contribution in [0.3, 0.4) is 0 Å². The van der Waals surface area contributed by atoms with Gasteiger partial charge in [0.05, 0.1) is 10.8 Å². The molecule has 1 N–H and O–H groups in total. The highest BCUT2D eigenvalue weighted by Crippen LogP contribution is 2.34. The van der Waals surface area contributed by atoms with E-state index in [9.17, 15) is 13.2 Å². The van der Waals surface area contributed by atoms with Gasteiger partial charge >= 0.3 is 0 Å². The van der Waals surface area contributed by atoms with Crippen molar-refractivity contribution in [3.63, 3.8) is 0 Å². The van der Waals surface area contributed by atoms with Crippen molar-refractivity contribution in [1.29, 1.82) is 0 Å². The minimum Gasteiger partial charge on any atom is -0.325 e. The quantitative estimate of drug-likeness (QED) is 0.876. The Kier molecular flexibility index (Phi) is 4.75. The number of benzene rings is 2. The molecule has 0 saturated carbocycles. The molecule has 6 nitrogen and oxygen atoms in total. The van der Waals surface area contributed by atoms with Gasteiger partial charge in [-0.3, -0.25) is 9.69 Å². The Balaban J connectivity index is 1.46. The highest BCUT2D eigenvalue weighted by atomic mass is 32.2. The van der Waals surface area contributed by atoms with E-state index in [2.05, 4.69) is 22.3 Å². The molecule has 2 aromatic rings. The van der Waals surface area contributed by atoms with Crippen molar-refractivity contribution in [1.82, 2.24) is 9.21 Å². The number of anilines is 1. The monoisotopic (exact) mass is 385 g/mol. The lowest BCUT2D eigenvalue weighted by molar-refractivity contribution is -0.116. The average molecular weight is 385 g/mol. The zero-order valence-corrected chi connectivity index (χ0v) is 16.1. The summed E-state index contributed by atoms with van der Waals surface area (Å²) in [5.41, 5.74) is 2.70. The summed E-state index contributed by atoms with van der Waals surface area (Å²) in [5, 5.41) is 2.78. The summed E-state index contributed by atoms with van der Waals surface area (Å²) in [6.45, 7) is 4.97. The zero-order valence-electron chi connectivity index (χ0n) is 15.3. The number of hydrogen-bond acceptors (Lipinski definition) is 4. The van der Waals surface area contributed by atoms with Gasteiger partial charge in [-0.25, -0.2) is 8.42 Å². The lowest BCUT2D eigenvalue weighted by atomic mass is 10.0. The normalized spacial score (nSPS) is 21.1. The first-order chi connectivity index (χ1) is 12.9. The summed E-state index contributed by atoms with van der Waals surface area (Å²) in [6, 6.07) is 15.1. The third kappa shape index (κ3) is 3.50. The van der Waals surface area contributed by atoms with E-state index < -0.39 is 10.0 Å². The van der Waals surface area contributed by atoms with Crippen LogP contribution >= 0.6 is 0 Å². The number of carbonyl (C=O) groups is 1. The number of sulfonamides is 1. The first-order valence-electron chi connectivity index (χ1n) is 9.16. The molecular weight excluding hydrogens is 362 g/mol. The highest BCUT2D eigenvalue weighted by Gasteiger charge is 2.32. The van der Waals surface area contributed by atoms with Crippen LogP contribution in [0.2, 0.25) is 0 Å². The van der Waals surface area contributed by atoms with Gasteiger partial charge in [0.2, 0.25) is 15.9 Å². The van der Waals surface area contributed by atoms with Crippen LogP contribution in [0.4, 0.5) is 5.69 Å². The maximum atomic E-state index is 13.0. The maximum absolute atomic E-state index is 13.0. The second-order valence-corrected chi connectivity index (χ2v) is 9.06. The summed E-state index contributed by atoms with van der Waals surface area (Å²) in [7, 11) is -3.55. The number of hydrogen-bond donors (Lipinski definition) is 1. The fourth-order valence-electron chi connectivity index (χ4n) is 3.67. The van der Waals surface area contributed by atoms with E-state index in [-0.39, 0.29) is 16.7 Å². The van der Waals surface area contributed by atoms with Gasteiger partial charge in [0, 0.05) is 38.4 Å². The van der Waals surface area contributed by atoms with Crippen LogP contribution in [0, 0.1) is 0 Å². The smallest absolute Gasteiger partial charge is 0.243 e. The van der Waals surface area contributed by atoms with E-state index in [1.165, 1.54) is 5.56 Å². The number of piperazine rings is 1. The lowest BCUT2D eigenvalue weighted by Gasteiger charge is -2.34. The molecule has 1 fully saturated rings. The minimum absolute atomic E-state index is 0.0888. The molecule has 0 spiro atoms. The summed E-state index contributed by atoms with van der Waals surface area (Å²) < 4.78 is 27.6. The molecule has 2 aliphatic rings. The van der Waals surface area contributed by atoms with Crippen LogP contribution in [-0.4, -0.2) is 49.7 Å². The molecule has 4 rings (SSSR count). The summed E-state index contributed by atoms with van der Waals surface area (Å²) in [4.78, 5) is 14.3. The molecule has 2 aliphatic heterocycles. The first-order valence-corrected chi connectivity index (χ1v) is 10.6. The third-order valence-corrected chi connectivity index (χ3v) is 7.25. The number of nitrogens with zero attached hydrogens (tertiary/aromatic N) is 2. The standard InChI is InChI=1S/C20H23N3O3S/c1-15-18-13-17(7-8-19(18)21-20(15)24)27(25,26)23-11-9-22(10-12-23)14-16-5-3-2-4-6-16/h2-8,13,15H,9-12,14H2,1H3,(H,21,24)/t15-/m1/s1. The SMILES string of the molecule is C[C@H]1C(=O)Nc2ccc(S(=O)(=O)N3CCN(Cc4ccccc4)CC3)cc21. The zero-order chi connectivity index (χ0) is 19.0. The van der Waals surface area contributed by atoms with Gasteiger partial charge in [-0.1, -0.05) is 30.3 Å². The number of rotatable bonds is 4. The second kappa shape index (κ2) is 7.07. The van der Waals surface area contributed by atoms with Crippen LogP contribution in [0.25, 0.3) is 0 Å². The van der Waals surface area contributed by atoms with Gasteiger partial charge < -0.3 is 5.32 Å². The Morgan fingerprint density at radius 2 is 1.74 bits per heavy atom. The number of amides is 1. The van der Waals surface area contributed by atoms with Crippen LogP contribution < -0.4 is 5.32 Å². The largest absolute Gasteiger partial charge is 0.325 e. The minimum atomic E-state index is -3.55. The van der Waals surface area contributed by atoms with Crippen molar-refractivity contribution < 1.29 is 13.2 Å². The maximum Gasteiger partial charge on any atom is 0.243 e. The Bertz CT molecular complexity index is 952. The molecule has 0 unspecified atom stereocenters. The average Bonchev–Trinajstić information content (AvgIpc) is 2.97. The lowest BCUT2D eigenvalue weighted by Crippen LogP contribution is -2.48. The van der Waals surface area contributed by atoms with Gasteiger partial charge in [-0.05, 0) is 36.2 Å². The van der Waals surface area contributed by atoms with Gasteiger partial charge in [0.25, 0.3) is 0 Å². The van der Waals surface area contributed by atoms with Crippen molar-refractivity contribution in [3.8, 4) is 0 Å². The molecule has 1 atom stereocenters. The van der Waals surface area contributed by atoms with Gasteiger partial charge in [-0.15, -0.1) is 0 Å². The molecular formula is C20H23N3O3S. The van der Waals surface area contributed by atoms with Crippen LogP contribution in [0.5, 0.6) is 0 Å². The Labute approximate surface area is 159 Å². The van der Waals surface area contributed by atoms with E-state index in [1.54, 1.807) is 29.4 Å². The molecule has 7 heteroatoms. The highest BCUT2D eigenvalue weighted by molar-refractivity contribution is 7.89. The second-order valence-electron chi connectivity index (χ2n) is 7.13. The molecule has 2 aromatic carbocycles. The van der Waals surface area contributed by atoms with Crippen molar-refractivity contribution in [2.24, 2.45) is 0 Å². The molecule has 1 saturated heterocycles. The Morgan fingerprint density at radius 1 is 1.04 bits per heavy atom. The van der Waals surface area contributed by atoms with E-state index in [4.69, 9.17) is 0 Å². The molecule has 0 aromatic heterocycles. The van der Waals surface area contributed by atoms with Gasteiger partial charge in [0.1, 0.15) is 0 Å². The predicted molar refractivity (Wildman–Crippen MR) is 104 cm³/mol. The van der Waals surface area contributed by atoms with Crippen molar-refractivity contribution in [2.45, 2.75) is 24.3 Å². The summed E-state index contributed by atoms with van der Waals surface area (Å²) in [6.07, 6.45) is 0. The van der Waals surface area contributed by atoms with Crippen LogP contribution in [-0.2, 0) is 21.4 Å². The predicted octanol–water partition coefficient (Wildman–Crippen LogP) is 2.25. The fourth-order valence-corrected chi connectivity index (χ4v) is 5.13. The van der Waals surface area contributed by atoms with E-state index in [0.29, 0.717) is 31.9 Å². The summed E-state index contributed by atoms with van der Waals surface area (Å²) >= 11 is 0. The topological polar surface area (TPSA) is 69.7 Å². The van der Waals surface area contributed by atoms with Crippen LogP contribution in [0.15, 0.2) is 53.4 Å². The van der Waals surface area contributed by atoms with Crippen molar-refractivity contribution in [3.05, 3.63) is 59.7 Å². The third-order valence-electron chi connectivity index (χ3n) is 5.36. The number of carbonyl (C=O) groups excluding carboxylic acids is 1. The summed E-state index contributed by atoms with van der Waals surface area (Å²) in [5.74, 6) is -0.410. The molecule has 142 valence electrons. The van der Waals surface area contributed by atoms with Crippen LogP contribution in [0.1, 0.15) is 24.0 Å². The molecule has 0 radical (unpaired) electrons. The molecule has 0 bridgehead atoms. The van der Waals surface area contributed by atoms with Gasteiger partial charge in [0.15, 0.2) is 0 Å². The first kappa shape index (κ1) is 18.2. The van der Waals surface area contributed by atoms with E-state index >= 15 is 0 Å². The molecule has 1 amide bonds. The van der Waals surface area contributed by atoms with Gasteiger partial charge in [-0.2, -0.15) is 4.31 Å². The molecule has 27 heavy (non-hydrogen) atoms. The van der Waals surface area contributed by atoms with Crippen molar-refractivity contribution in [2.75, 3.05) is 31.5 Å². The van der Waals surface area contributed by atoms with E-state index in [0.717, 1.165) is 12.1 Å². The Morgan fingerprint density at radius 3 is 2.44 bits per heavy atom. The van der Waals surface area contributed by atoms with E-state index in [1.807, 2.05) is 18.2 Å². The molecule has 0 aliphatic carbocycles. The molecule has 2 heterocycles. The Hall–Kier alpha value is -2.22.